The summed E-state index contributed by atoms with van der Waals surface area (Å²) in [6.45, 7) is 10.5. The van der Waals surface area contributed by atoms with Gasteiger partial charge in [0, 0.05) is 22.9 Å². The van der Waals surface area contributed by atoms with Crippen LogP contribution in [0.3, 0.4) is 0 Å². The number of nitrogens with zero attached hydrogens (tertiary/aromatic N) is 1. The van der Waals surface area contributed by atoms with Crippen molar-refractivity contribution in [1.82, 2.24) is 4.37 Å². The van der Waals surface area contributed by atoms with Crippen LogP contribution >= 0.6 is 11.5 Å². The van der Waals surface area contributed by atoms with Gasteiger partial charge in [-0.05, 0) is 47.8 Å². The first-order valence-corrected chi connectivity index (χ1v) is 9.39. The lowest BCUT2D eigenvalue weighted by molar-refractivity contribution is 0.174. The van der Waals surface area contributed by atoms with Gasteiger partial charge < -0.3 is 14.2 Å². The SMILES string of the molecule is C=C.CC/C(=C\C=C(/CC)c1csnc1-c1ccc2c(c1)OCO2)OC. The molecule has 5 heteroatoms. The molecule has 0 aliphatic carbocycles. The van der Waals surface area contributed by atoms with Crippen molar-refractivity contribution >= 4 is 17.1 Å². The summed E-state index contributed by atoms with van der Waals surface area (Å²) in [4.78, 5) is 0. The Kier molecular flexibility index (Phi) is 7.48. The lowest BCUT2D eigenvalue weighted by Gasteiger charge is -2.07. The predicted octanol–water partition coefficient (Wildman–Crippen LogP) is 6.07. The van der Waals surface area contributed by atoms with Gasteiger partial charge in [-0.1, -0.05) is 19.9 Å². The third-order valence-electron chi connectivity index (χ3n) is 4.02. The van der Waals surface area contributed by atoms with Crippen LogP contribution in [-0.4, -0.2) is 18.3 Å². The van der Waals surface area contributed by atoms with Gasteiger partial charge in [0.1, 0.15) is 0 Å². The molecule has 1 aliphatic heterocycles. The molecule has 1 aromatic heterocycles. The molecule has 0 radical (unpaired) electrons. The van der Waals surface area contributed by atoms with E-state index in [1.54, 1.807) is 7.11 Å². The van der Waals surface area contributed by atoms with E-state index in [0.29, 0.717) is 0 Å². The summed E-state index contributed by atoms with van der Waals surface area (Å²) in [5.41, 5.74) is 4.42. The zero-order valence-corrected chi connectivity index (χ0v) is 16.4. The van der Waals surface area contributed by atoms with E-state index in [4.69, 9.17) is 14.2 Å². The normalized spacial score (nSPS) is 13.2. The third-order valence-corrected chi connectivity index (χ3v) is 4.65. The van der Waals surface area contributed by atoms with Gasteiger partial charge in [-0.3, -0.25) is 0 Å². The van der Waals surface area contributed by atoms with Crippen LogP contribution < -0.4 is 9.47 Å². The van der Waals surface area contributed by atoms with Crippen LogP contribution in [0.5, 0.6) is 11.5 Å². The number of allylic oxidation sites excluding steroid dienone is 4. The largest absolute Gasteiger partial charge is 0.501 e. The molecule has 26 heavy (non-hydrogen) atoms. The van der Waals surface area contributed by atoms with Gasteiger partial charge in [-0.2, -0.15) is 4.37 Å². The van der Waals surface area contributed by atoms with Gasteiger partial charge in [0.15, 0.2) is 11.5 Å². The van der Waals surface area contributed by atoms with E-state index in [2.05, 4.69) is 42.8 Å². The Morgan fingerprint density at radius 3 is 2.65 bits per heavy atom. The number of ether oxygens (including phenoxy) is 3. The van der Waals surface area contributed by atoms with E-state index in [1.165, 1.54) is 17.1 Å². The van der Waals surface area contributed by atoms with E-state index in [0.717, 1.165) is 46.9 Å². The van der Waals surface area contributed by atoms with E-state index >= 15 is 0 Å². The Morgan fingerprint density at radius 2 is 1.96 bits per heavy atom. The quantitative estimate of drug-likeness (QED) is 0.351. The molecule has 0 spiro atoms. The van der Waals surface area contributed by atoms with Crippen LogP contribution in [0.25, 0.3) is 16.8 Å². The fourth-order valence-corrected chi connectivity index (χ4v) is 3.37. The molecule has 0 unspecified atom stereocenters. The molecule has 2 heterocycles. The van der Waals surface area contributed by atoms with Gasteiger partial charge in [0.05, 0.1) is 18.6 Å². The van der Waals surface area contributed by atoms with Gasteiger partial charge in [0.25, 0.3) is 0 Å². The minimum absolute atomic E-state index is 0.282. The second kappa shape index (κ2) is 9.82. The molecule has 2 aromatic rings. The summed E-state index contributed by atoms with van der Waals surface area (Å²) in [5, 5.41) is 2.10. The molecular weight excluding hydrogens is 346 g/mol. The Bertz CT molecular complexity index is 786. The summed E-state index contributed by atoms with van der Waals surface area (Å²) >= 11 is 1.47. The average molecular weight is 372 g/mol. The van der Waals surface area contributed by atoms with E-state index in [9.17, 15) is 0 Å². The molecule has 0 atom stereocenters. The summed E-state index contributed by atoms with van der Waals surface area (Å²) in [5.74, 6) is 2.53. The van der Waals surface area contributed by atoms with Crippen molar-refractivity contribution in [1.29, 1.82) is 0 Å². The second-order valence-corrected chi connectivity index (χ2v) is 6.01. The van der Waals surface area contributed by atoms with E-state index in [1.807, 2.05) is 24.3 Å². The maximum atomic E-state index is 5.48. The highest BCUT2D eigenvalue weighted by Gasteiger charge is 2.17. The number of methoxy groups -OCH3 is 1. The van der Waals surface area contributed by atoms with Gasteiger partial charge in [-0.15, -0.1) is 13.2 Å². The number of rotatable bonds is 6. The Hall–Kier alpha value is -2.53. The van der Waals surface area contributed by atoms with Crippen molar-refractivity contribution < 1.29 is 14.2 Å². The average Bonchev–Trinajstić information content (AvgIpc) is 3.35. The number of hydrogen-bond acceptors (Lipinski definition) is 5. The molecule has 0 fully saturated rings. The number of benzene rings is 1. The lowest BCUT2D eigenvalue weighted by atomic mass is 9.99. The zero-order chi connectivity index (χ0) is 18.9. The molecule has 0 N–H and O–H groups in total. The first-order chi connectivity index (χ1) is 12.8. The van der Waals surface area contributed by atoms with Gasteiger partial charge >= 0.3 is 0 Å². The fourth-order valence-electron chi connectivity index (χ4n) is 2.64. The highest BCUT2D eigenvalue weighted by molar-refractivity contribution is 7.04. The maximum Gasteiger partial charge on any atom is 0.231 e. The number of hydrogen-bond donors (Lipinski definition) is 0. The number of fused-ring (bicyclic) bond motifs is 1. The van der Waals surface area contributed by atoms with Gasteiger partial charge in [0.2, 0.25) is 6.79 Å². The molecule has 3 rings (SSSR count). The van der Waals surface area contributed by atoms with E-state index < -0.39 is 0 Å². The van der Waals surface area contributed by atoms with Crippen LogP contribution in [0, 0.1) is 0 Å². The van der Waals surface area contributed by atoms with Crippen LogP contribution in [-0.2, 0) is 4.74 Å². The first kappa shape index (κ1) is 19.8. The molecule has 1 aromatic carbocycles. The second-order valence-electron chi connectivity index (χ2n) is 5.38. The van der Waals surface area contributed by atoms with Crippen molar-refractivity contribution in [2.24, 2.45) is 0 Å². The molecule has 0 bridgehead atoms. The zero-order valence-electron chi connectivity index (χ0n) is 15.6. The van der Waals surface area contributed by atoms with Crippen molar-refractivity contribution in [3.8, 4) is 22.8 Å². The highest BCUT2D eigenvalue weighted by Crippen LogP contribution is 2.38. The van der Waals surface area contributed by atoms with Crippen molar-refractivity contribution in [3.63, 3.8) is 0 Å². The summed E-state index contributed by atoms with van der Waals surface area (Å²) in [6, 6.07) is 5.97. The molecule has 4 nitrogen and oxygen atoms in total. The smallest absolute Gasteiger partial charge is 0.231 e. The molecule has 0 saturated carbocycles. The van der Waals surface area contributed by atoms with Crippen LogP contribution in [0.2, 0.25) is 0 Å². The summed E-state index contributed by atoms with van der Waals surface area (Å²) < 4.78 is 20.8. The molecule has 0 amide bonds. The third kappa shape index (κ3) is 4.35. The van der Waals surface area contributed by atoms with Crippen molar-refractivity contribution in [3.05, 3.63) is 60.2 Å². The van der Waals surface area contributed by atoms with Crippen LogP contribution in [0.1, 0.15) is 32.3 Å². The lowest BCUT2D eigenvalue weighted by Crippen LogP contribution is -1.92. The maximum absolute atomic E-state index is 5.48. The van der Waals surface area contributed by atoms with Crippen LogP contribution in [0.15, 0.2) is 54.6 Å². The Balaban J connectivity index is 0.00000117. The predicted molar refractivity (Wildman–Crippen MR) is 109 cm³/mol. The van der Waals surface area contributed by atoms with E-state index in [-0.39, 0.29) is 6.79 Å². The number of aromatic nitrogens is 1. The highest BCUT2D eigenvalue weighted by atomic mass is 32.1. The minimum Gasteiger partial charge on any atom is -0.501 e. The molecule has 138 valence electrons. The Morgan fingerprint density at radius 1 is 1.19 bits per heavy atom. The van der Waals surface area contributed by atoms with Crippen molar-refractivity contribution in [2.45, 2.75) is 26.7 Å². The monoisotopic (exact) mass is 371 g/mol. The standard InChI is InChI=1S/C19H21NO3S.C2H4/c1-4-13(6-8-15(5-2)21-3)16-11-24-20-19(16)14-7-9-17-18(10-14)23-12-22-17;1-2/h6-11H,4-5,12H2,1-3H3;1-2H2/b13-6+,15-8+;. The Labute approximate surface area is 159 Å². The summed E-state index contributed by atoms with van der Waals surface area (Å²) in [6.07, 6.45) is 5.97. The molecular formula is C21H25NO3S. The molecule has 0 saturated heterocycles. The fraction of sp³-hybridized carbons (Fsp3) is 0.286. The van der Waals surface area contributed by atoms with Crippen molar-refractivity contribution in [2.75, 3.05) is 13.9 Å². The van der Waals surface area contributed by atoms with Crippen LogP contribution in [0.4, 0.5) is 0 Å². The minimum atomic E-state index is 0.282. The first-order valence-electron chi connectivity index (χ1n) is 8.55. The van der Waals surface area contributed by atoms with Gasteiger partial charge in [-0.25, -0.2) is 0 Å². The topological polar surface area (TPSA) is 40.6 Å². The summed E-state index contributed by atoms with van der Waals surface area (Å²) in [7, 11) is 1.71. The molecule has 1 aliphatic rings.